The number of carbonyl (C=O) groups is 3. The first-order chi connectivity index (χ1) is 22.4. The molecule has 0 amide bonds. The number of allylic oxidation sites excluding steroid dienone is 2. The van der Waals surface area contributed by atoms with Crippen molar-refractivity contribution in [3.05, 3.63) is 118 Å². The summed E-state index contributed by atoms with van der Waals surface area (Å²) in [5.41, 5.74) is 6.33. The predicted molar refractivity (Wildman–Crippen MR) is 163 cm³/mol. The number of carbonyl (C=O) groups excluding carboxylic acids is 3. The second kappa shape index (κ2) is 13.3. The number of ketones is 1. The molecule has 0 saturated heterocycles. The lowest BCUT2D eigenvalue weighted by atomic mass is 9.67. The van der Waals surface area contributed by atoms with Gasteiger partial charge >= 0.3 is 18.1 Å². The molecular formula is C35H32F4N2O6. The van der Waals surface area contributed by atoms with Gasteiger partial charge in [0.2, 0.25) is 0 Å². The maximum atomic E-state index is 14.8. The minimum atomic E-state index is -4.72. The molecule has 8 nitrogen and oxygen atoms in total. The number of anilines is 1. The zero-order valence-electron chi connectivity index (χ0n) is 25.8. The van der Waals surface area contributed by atoms with E-state index in [-0.39, 0.29) is 53.5 Å². The molecule has 3 aromatic rings. The Balaban J connectivity index is 1.84. The van der Waals surface area contributed by atoms with E-state index in [1.165, 1.54) is 36.3 Å². The summed E-state index contributed by atoms with van der Waals surface area (Å²) in [6.45, 7) is 3.04. The second-order valence-electron chi connectivity index (χ2n) is 10.9. The number of ether oxygens (including phenoxy) is 3. The molecular weight excluding hydrogens is 620 g/mol. The van der Waals surface area contributed by atoms with Crippen molar-refractivity contribution < 1.29 is 46.2 Å². The molecule has 0 radical (unpaired) electrons. The van der Waals surface area contributed by atoms with E-state index in [4.69, 9.17) is 19.9 Å². The number of alkyl halides is 3. The number of hydrogen-bond donors (Lipinski definition) is 1. The van der Waals surface area contributed by atoms with Gasteiger partial charge in [0.05, 0.1) is 37.4 Å². The first-order valence-electron chi connectivity index (χ1n) is 14.9. The Bertz CT molecular complexity index is 1770. The minimum absolute atomic E-state index is 0.0297. The molecule has 0 saturated carbocycles. The SMILES string of the molecule is CCOC(=O)C1=C(N)N(c2cccc(C(F)(F)F)c2)C2=C(C(=O)[C@H](C(=O)OCC)[C@@H](c3cccc(OC)c3)C2)[C@H]1c1ccc(F)cc1. The summed E-state index contributed by atoms with van der Waals surface area (Å²) >= 11 is 0. The van der Waals surface area contributed by atoms with Crippen LogP contribution in [0.25, 0.3) is 0 Å². The van der Waals surface area contributed by atoms with E-state index < -0.39 is 53.0 Å². The van der Waals surface area contributed by atoms with E-state index in [2.05, 4.69) is 0 Å². The topological polar surface area (TPSA) is 108 Å². The van der Waals surface area contributed by atoms with Crippen molar-refractivity contribution in [2.24, 2.45) is 11.7 Å². The number of hydrogen-bond acceptors (Lipinski definition) is 8. The summed E-state index contributed by atoms with van der Waals surface area (Å²) in [6, 6.07) is 16.1. The summed E-state index contributed by atoms with van der Waals surface area (Å²) < 4.78 is 72.0. The highest BCUT2D eigenvalue weighted by molar-refractivity contribution is 6.14. The predicted octanol–water partition coefficient (Wildman–Crippen LogP) is 6.38. The number of nitrogens with two attached hydrogens (primary N) is 1. The van der Waals surface area contributed by atoms with Crippen LogP contribution in [-0.2, 0) is 30.0 Å². The monoisotopic (exact) mass is 652 g/mol. The largest absolute Gasteiger partial charge is 0.497 e. The Morgan fingerprint density at radius 1 is 0.936 bits per heavy atom. The zero-order valence-corrected chi connectivity index (χ0v) is 25.8. The van der Waals surface area contributed by atoms with Gasteiger partial charge in [-0.1, -0.05) is 30.3 Å². The van der Waals surface area contributed by atoms with Gasteiger partial charge in [0.15, 0.2) is 5.78 Å². The average molecular weight is 653 g/mol. The zero-order chi connectivity index (χ0) is 34.0. The van der Waals surface area contributed by atoms with Crippen LogP contribution in [0.4, 0.5) is 23.2 Å². The van der Waals surface area contributed by atoms with Crippen LogP contribution in [0.3, 0.4) is 0 Å². The van der Waals surface area contributed by atoms with E-state index >= 15 is 0 Å². The summed E-state index contributed by atoms with van der Waals surface area (Å²) in [7, 11) is 1.46. The summed E-state index contributed by atoms with van der Waals surface area (Å²) in [6.07, 6.45) is -4.80. The van der Waals surface area contributed by atoms with Crippen molar-refractivity contribution in [2.45, 2.75) is 38.3 Å². The van der Waals surface area contributed by atoms with Gasteiger partial charge in [0.1, 0.15) is 23.3 Å². The van der Waals surface area contributed by atoms with Crippen molar-refractivity contribution in [3.8, 4) is 5.75 Å². The fourth-order valence-electron chi connectivity index (χ4n) is 6.23. The molecule has 5 rings (SSSR count). The molecule has 1 aliphatic carbocycles. The van der Waals surface area contributed by atoms with Crippen molar-refractivity contribution in [1.29, 1.82) is 0 Å². The molecule has 0 aromatic heterocycles. The van der Waals surface area contributed by atoms with Gasteiger partial charge in [-0.25, -0.2) is 9.18 Å². The van der Waals surface area contributed by atoms with Crippen LogP contribution >= 0.6 is 0 Å². The van der Waals surface area contributed by atoms with E-state index in [1.807, 2.05) is 0 Å². The molecule has 0 fully saturated rings. The van der Waals surface area contributed by atoms with Gasteiger partial charge in [0.25, 0.3) is 0 Å². The first-order valence-corrected chi connectivity index (χ1v) is 14.9. The molecule has 1 aliphatic heterocycles. The molecule has 3 atom stereocenters. The van der Waals surface area contributed by atoms with Gasteiger partial charge in [0, 0.05) is 22.9 Å². The van der Waals surface area contributed by atoms with Crippen molar-refractivity contribution in [2.75, 3.05) is 25.2 Å². The molecule has 2 aliphatic rings. The number of esters is 2. The maximum absolute atomic E-state index is 14.8. The fourth-order valence-corrected chi connectivity index (χ4v) is 6.23. The number of methoxy groups -OCH3 is 1. The van der Waals surface area contributed by atoms with E-state index in [1.54, 1.807) is 38.1 Å². The fraction of sp³-hybridized carbons (Fsp3) is 0.286. The number of nitrogens with zero attached hydrogens (tertiary/aromatic N) is 1. The van der Waals surface area contributed by atoms with E-state index in [0.717, 1.165) is 24.3 Å². The Labute approximate surface area is 268 Å². The van der Waals surface area contributed by atoms with Crippen LogP contribution in [0.5, 0.6) is 5.75 Å². The Morgan fingerprint density at radius 3 is 2.26 bits per heavy atom. The molecule has 0 unspecified atom stereocenters. The smallest absolute Gasteiger partial charge is 0.416 e. The quantitative estimate of drug-likeness (QED) is 0.170. The van der Waals surface area contributed by atoms with Crippen LogP contribution in [0.1, 0.15) is 48.8 Å². The lowest BCUT2D eigenvalue weighted by Gasteiger charge is -2.44. The number of rotatable bonds is 8. The van der Waals surface area contributed by atoms with Crippen LogP contribution in [-0.4, -0.2) is 38.0 Å². The normalized spacial score (nSPS) is 19.8. The summed E-state index contributed by atoms with van der Waals surface area (Å²) in [5.74, 6) is -6.41. The minimum Gasteiger partial charge on any atom is -0.497 e. The molecule has 3 aromatic carbocycles. The number of Topliss-reactive ketones (excluding diaryl/α,β-unsaturated/α-hetero) is 1. The van der Waals surface area contributed by atoms with Gasteiger partial charge in [-0.2, -0.15) is 13.2 Å². The maximum Gasteiger partial charge on any atom is 0.416 e. The standard InChI is InChI=1S/C35H32F4N2O6/c1-4-46-33(43)28-25(20-8-6-11-24(16-20)45-3)18-26-29(31(28)42)27(19-12-14-22(36)15-13-19)30(34(44)47-5-2)32(40)41(26)23-10-7-9-21(17-23)35(37,38)39/h6-17,25,27-28H,4-5,18,40H2,1-3H3/t25-,27-,28-/m1/s1. The second-order valence-corrected chi connectivity index (χ2v) is 10.9. The van der Waals surface area contributed by atoms with E-state index in [0.29, 0.717) is 11.3 Å². The molecule has 12 heteroatoms. The van der Waals surface area contributed by atoms with Crippen molar-refractivity contribution >= 4 is 23.4 Å². The van der Waals surface area contributed by atoms with Crippen molar-refractivity contribution in [1.82, 2.24) is 0 Å². The first kappa shape index (κ1) is 33.2. The lowest BCUT2D eigenvalue weighted by molar-refractivity contribution is -0.152. The third kappa shape index (κ3) is 6.32. The Kier molecular flexibility index (Phi) is 9.41. The van der Waals surface area contributed by atoms with Gasteiger partial charge in [-0.05, 0) is 73.9 Å². The van der Waals surface area contributed by atoms with Crippen LogP contribution < -0.4 is 15.4 Å². The Morgan fingerprint density at radius 2 is 1.62 bits per heavy atom. The highest BCUT2D eigenvalue weighted by Crippen LogP contribution is 2.52. The van der Waals surface area contributed by atoms with Crippen molar-refractivity contribution in [3.63, 3.8) is 0 Å². The third-order valence-electron chi connectivity index (χ3n) is 8.23. The molecule has 47 heavy (non-hydrogen) atoms. The van der Waals surface area contributed by atoms with Gasteiger partial charge in [-0.15, -0.1) is 0 Å². The molecule has 246 valence electrons. The third-order valence-corrected chi connectivity index (χ3v) is 8.23. The summed E-state index contributed by atoms with van der Waals surface area (Å²) in [4.78, 5) is 43.3. The number of benzene rings is 3. The number of halogens is 4. The van der Waals surface area contributed by atoms with E-state index in [9.17, 15) is 31.9 Å². The van der Waals surface area contributed by atoms with Crippen LogP contribution in [0.15, 0.2) is 95.5 Å². The Hall–Kier alpha value is -5.13. The van der Waals surface area contributed by atoms with Gasteiger partial charge < -0.3 is 19.9 Å². The molecule has 2 N–H and O–H groups in total. The molecule has 0 bridgehead atoms. The van der Waals surface area contributed by atoms with Crippen LogP contribution in [0.2, 0.25) is 0 Å². The average Bonchev–Trinajstić information content (AvgIpc) is 3.04. The highest BCUT2D eigenvalue weighted by atomic mass is 19.4. The van der Waals surface area contributed by atoms with Crippen LogP contribution in [0, 0.1) is 11.7 Å². The molecule has 0 spiro atoms. The lowest BCUT2D eigenvalue weighted by Crippen LogP contribution is -2.46. The summed E-state index contributed by atoms with van der Waals surface area (Å²) in [5, 5.41) is 0. The molecule has 1 heterocycles. The van der Waals surface area contributed by atoms with Gasteiger partial charge in [-0.3, -0.25) is 14.5 Å². The highest BCUT2D eigenvalue weighted by Gasteiger charge is 2.51.